The number of hydrogen-bond acceptors (Lipinski definition) is 5. The molecule has 1 aromatic carbocycles. The van der Waals surface area contributed by atoms with Crippen molar-refractivity contribution in [1.82, 2.24) is 20.4 Å². The van der Waals surface area contributed by atoms with Gasteiger partial charge in [-0.15, -0.1) is 0 Å². The highest BCUT2D eigenvalue weighted by Crippen LogP contribution is 2.24. The molecule has 1 N–H and O–H groups in total. The van der Waals surface area contributed by atoms with Gasteiger partial charge in [-0.1, -0.05) is 22.8 Å². The summed E-state index contributed by atoms with van der Waals surface area (Å²) in [5.74, 6) is -0.591. The highest BCUT2D eigenvalue weighted by molar-refractivity contribution is 6.33. The van der Waals surface area contributed by atoms with Gasteiger partial charge in [0.05, 0.1) is 17.1 Å². The van der Waals surface area contributed by atoms with Gasteiger partial charge in [-0.25, -0.2) is 4.39 Å². The van der Waals surface area contributed by atoms with E-state index in [9.17, 15) is 14.0 Å². The number of aryl methyl sites for hydroxylation is 1. The first kappa shape index (κ1) is 18.3. The van der Waals surface area contributed by atoms with Gasteiger partial charge >= 0.3 is 0 Å². The number of benzene rings is 1. The third-order valence-electron chi connectivity index (χ3n) is 4.31. The smallest absolute Gasteiger partial charge is 0.258 e. The second kappa shape index (κ2) is 7.82. The number of nitrogens with zero attached hydrogens (tertiary/aromatic N) is 3. The van der Waals surface area contributed by atoms with Crippen LogP contribution in [0.4, 0.5) is 4.39 Å². The molecule has 0 radical (unpaired) electrons. The van der Waals surface area contributed by atoms with Crippen LogP contribution >= 0.6 is 11.6 Å². The first-order valence-corrected chi connectivity index (χ1v) is 8.63. The lowest BCUT2D eigenvalue weighted by atomic mass is 9.95. The summed E-state index contributed by atoms with van der Waals surface area (Å²) in [6.45, 7) is 2.59. The lowest BCUT2D eigenvalue weighted by molar-refractivity contribution is -0.126. The average molecular weight is 381 g/mol. The van der Waals surface area contributed by atoms with Crippen molar-refractivity contribution in [2.45, 2.75) is 26.3 Å². The molecule has 138 valence electrons. The molecule has 0 aliphatic carbocycles. The van der Waals surface area contributed by atoms with E-state index in [1.54, 1.807) is 6.92 Å². The Morgan fingerprint density at radius 1 is 1.38 bits per heavy atom. The molecule has 0 unspecified atom stereocenters. The quantitative estimate of drug-likeness (QED) is 0.879. The van der Waals surface area contributed by atoms with Gasteiger partial charge in [0.15, 0.2) is 5.82 Å². The zero-order valence-electron chi connectivity index (χ0n) is 14.2. The van der Waals surface area contributed by atoms with Gasteiger partial charge in [0, 0.05) is 19.0 Å². The molecule has 1 fully saturated rings. The summed E-state index contributed by atoms with van der Waals surface area (Å²) in [5.41, 5.74) is -0.121. The third-order valence-corrected chi connectivity index (χ3v) is 4.63. The van der Waals surface area contributed by atoms with Crippen LogP contribution in [0.25, 0.3) is 0 Å². The molecule has 7 nitrogen and oxygen atoms in total. The zero-order chi connectivity index (χ0) is 18.7. The van der Waals surface area contributed by atoms with E-state index in [1.165, 1.54) is 23.1 Å². The molecule has 0 bridgehead atoms. The fourth-order valence-corrected chi connectivity index (χ4v) is 3.17. The summed E-state index contributed by atoms with van der Waals surface area (Å²) in [7, 11) is 0. The third kappa shape index (κ3) is 4.01. The molecular formula is C17H18ClFN4O3. The van der Waals surface area contributed by atoms with Crippen molar-refractivity contribution in [1.29, 1.82) is 0 Å². The predicted molar refractivity (Wildman–Crippen MR) is 90.9 cm³/mol. The largest absolute Gasteiger partial charge is 0.347 e. The van der Waals surface area contributed by atoms with Gasteiger partial charge in [-0.2, -0.15) is 4.98 Å². The maximum absolute atomic E-state index is 13.9. The highest BCUT2D eigenvalue weighted by atomic mass is 35.5. The Hall–Kier alpha value is -2.48. The molecule has 0 saturated carbocycles. The van der Waals surface area contributed by atoms with Crippen molar-refractivity contribution in [2.24, 2.45) is 5.92 Å². The van der Waals surface area contributed by atoms with Crippen LogP contribution in [0.5, 0.6) is 0 Å². The number of likely N-dealkylation sites (tertiary alicyclic amines) is 1. The van der Waals surface area contributed by atoms with Crippen LogP contribution in [0.3, 0.4) is 0 Å². The van der Waals surface area contributed by atoms with Crippen molar-refractivity contribution in [2.75, 3.05) is 13.1 Å². The maximum Gasteiger partial charge on any atom is 0.258 e. The summed E-state index contributed by atoms with van der Waals surface area (Å²) < 4.78 is 18.9. The molecule has 1 aliphatic heterocycles. The van der Waals surface area contributed by atoms with Gasteiger partial charge in [0.1, 0.15) is 5.82 Å². The average Bonchev–Trinajstić information content (AvgIpc) is 3.05. The minimum absolute atomic E-state index is 0.0877. The van der Waals surface area contributed by atoms with Gasteiger partial charge < -0.3 is 14.7 Å². The fourth-order valence-electron chi connectivity index (χ4n) is 2.92. The summed E-state index contributed by atoms with van der Waals surface area (Å²) >= 11 is 5.95. The van der Waals surface area contributed by atoms with Crippen LogP contribution < -0.4 is 5.32 Å². The van der Waals surface area contributed by atoms with E-state index in [0.717, 1.165) is 0 Å². The van der Waals surface area contributed by atoms with Crippen LogP contribution in [0.2, 0.25) is 5.02 Å². The minimum atomic E-state index is -0.641. The Morgan fingerprint density at radius 3 is 2.73 bits per heavy atom. The number of hydrogen-bond donors (Lipinski definition) is 1. The molecule has 2 aromatic rings. The van der Waals surface area contributed by atoms with Crippen molar-refractivity contribution in [3.63, 3.8) is 0 Å². The van der Waals surface area contributed by atoms with Crippen molar-refractivity contribution in [3.8, 4) is 0 Å². The van der Waals surface area contributed by atoms with E-state index >= 15 is 0 Å². The molecule has 1 aliphatic rings. The second-order valence-electron chi connectivity index (χ2n) is 6.12. The van der Waals surface area contributed by atoms with Gasteiger partial charge in [0.2, 0.25) is 11.8 Å². The molecule has 2 heterocycles. The van der Waals surface area contributed by atoms with Crippen molar-refractivity contribution < 1.29 is 18.5 Å². The molecule has 3 rings (SSSR count). The minimum Gasteiger partial charge on any atom is -0.347 e. The molecule has 9 heteroatoms. The van der Waals surface area contributed by atoms with Crippen LogP contribution in [-0.2, 0) is 11.3 Å². The van der Waals surface area contributed by atoms with E-state index in [4.69, 9.17) is 16.1 Å². The number of piperidine rings is 1. The monoisotopic (exact) mass is 380 g/mol. The number of amides is 2. The molecule has 26 heavy (non-hydrogen) atoms. The number of halogens is 2. The Labute approximate surface area is 154 Å². The lowest BCUT2D eigenvalue weighted by Crippen LogP contribution is -2.43. The normalized spacial score (nSPS) is 15.1. The van der Waals surface area contributed by atoms with Gasteiger partial charge in [-0.05, 0) is 31.9 Å². The molecule has 1 saturated heterocycles. The number of carbonyl (C=O) groups excluding carboxylic acids is 2. The standard InChI is InChI=1S/C17H18ClFN4O3/c1-10-21-14(26-22-10)9-20-16(24)11-5-7-23(8-6-11)17(25)15-12(18)3-2-4-13(15)19/h2-4,11H,5-9H2,1H3,(H,20,24). The van der Waals surface area contributed by atoms with E-state index in [2.05, 4.69) is 15.5 Å². The lowest BCUT2D eigenvalue weighted by Gasteiger charge is -2.31. The van der Waals surface area contributed by atoms with Crippen LogP contribution in [-0.4, -0.2) is 39.9 Å². The number of nitrogens with one attached hydrogen (secondary N) is 1. The molecule has 0 spiro atoms. The van der Waals surface area contributed by atoms with E-state index in [1.807, 2.05) is 0 Å². The van der Waals surface area contributed by atoms with Crippen LogP contribution in [0.15, 0.2) is 22.7 Å². The zero-order valence-corrected chi connectivity index (χ0v) is 14.9. The number of carbonyl (C=O) groups is 2. The highest BCUT2D eigenvalue weighted by Gasteiger charge is 2.29. The molecule has 1 aromatic heterocycles. The SMILES string of the molecule is Cc1noc(CNC(=O)C2CCN(C(=O)c3c(F)cccc3Cl)CC2)n1. The Balaban J connectivity index is 1.53. The maximum atomic E-state index is 13.9. The van der Waals surface area contributed by atoms with Crippen molar-refractivity contribution >= 4 is 23.4 Å². The van der Waals surface area contributed by atoms with Crippen LogP contribution in [0.1, 0.15) is 34.9 Å². The van der Waals surface area contributed by atoms with E-state index in [0.29, 0.717) is 37.6 Å². The first-order chi connectivity index (χ1) is 12.5. The van der Waals surface area contributed by atoms with Crippen LogP contribution in [0, 0.1) is 18.7 Å². The number of rotatable bonds is 4. The van der Waals surface area contributed by atoms with Gasteiger partial charge in [-0.3, -0.25) is 9.59 Å². The summed E-state index contributed by atoms with van der Waals surface area (Å²) in [5, 5.41) is 6.50. The predicted octanol–water partition coefficient (Wildman–Crippen LogP) is 2.34. The Kier molecular flexibility index (Phi) is 5.51. The molecular weight excluding hydrogens is 363 g/mol. The number of aromatic nitrogens is 2. The van der Waals surface area contributed by atoms with E-state index < -0.39 is 11.7 Å². The summed E-state index contributed by atoms with van der Waals surface area (Å²) in [6, 6.07) is 4.14. The Morgan fingerprint density at radius 2 is 2.12 bits per heavy atom. The summed E-state index contributed by atoms with van der Waals surface area (Å²) in [6.07, 6.45) is 0.985. The molecule has 0 atom stereocenters. The van der Waals surface area contributed by atoms with E-state index in [-0.39, 0.29) is 29.0 Å². The second-order valence-corrected chi connectivity index (χ2v) is 6.52. The Bertz CT molecular complexity index is 798. The van der Waals surface area contributed by atoms with Crippen molar-refractivity contribution in [3.05, 3.63) is 46.3 Å². The first-order valence-electron chi connectivity index (χ1n) is 8.26. The fraction of sp³-hybridized carbons (Fsp3) is 0.412. The summed E-state index contributed by atoms with van der Waals surface area (Å²) in [4.78, 5) is 30.3. The molecule has 2 amide bonds. The van der Waals surface area contributed by atoms with Gasteiger partial charge in [0.25, 0.3) is 5.91 Å². The topological polar surface area (TPSA) is 88.3 Å².